The van der Waals surface area contributed by atoms with Crippen LogP contribution in [0.1, 0.15) is 72.9 Å². The molecular weight excluding hydrogens is 537 g/mol. The first kappa shape index (κ1) is 29.4. The van der Waals surface area contributed by atoms with Crippen molar-refractivity contribution in [2.24, 2.45) is 5.92 Å². The molecule has 1 saturated carbocycles. The molecule has 5 rings (SSSR count). The van der Waals surface area contributed by atoms with Crippen LogP contribution < -0.4 is 14.8 Å². The van der Waals surface area contributed by atoms with Crippen LogP contribution in [0.15, 0.2) is 60.8 Å². The summed E-state index contributed by atoms with van der Waals surface area (Å²) in [7, 11) is 1.61. The molecule has 2 heterocycles. The van der Waals surface area contributed by atoms with Crippen molar-refractivity contribution in [2.45, 2.75) is 70.1 Å². The van der Waals surface area contributed by atoms with E-state index < -0.39 is 11.9 Å². The Labute approximate surface area is 245 Å². The maximum Gasteiger partial charge on any atom is 0.305 e. The number of carboxylic acids is 1. The number of rotatable bonds is 11. The highest BCUT2D eigenvalue weighted by Gasteiger charge is 2.41. The van der Waals surface area contributed by atoms with Gasteiger partial charge in [-0.3, -0.25) is 9.59 Å². The lowest BCUT2D eigenvalue weighted by Gasteiger charge is -2.36. The van der Waals surface area contributed by atoms with Gasteiger partial charge in [-0.05, 0) is 78.9 Å². The van der Waals surface area contributed by atoms with Crippen molar-refractivity contribution in [3.63, 3.8) is 0 Å². The third-order valence-electron chi connectivity index (χ3n) is 8.41. The van der Waals surface area contributed by atoms with Gasteiger partial charge in [0.1, 0.15) is 24.2 Å². The molecule has 42 heavy (non-hydrogen) atoms. The Morgan fingerprint density at radius 3 is 2.60 bits per heavy atom. The Bertz CT molecular complexity index is 1390. The third kappa shape index (κ3) is 7.01. The van der Waals surface area contributed by atoms with Crippen LogP contribution in [0.25, 0.3) is 0 Å². The van der Waals surface area contributed by atoms with Crippen molar-refractivity contribution in [2.75, 3.05) is 18.9 Å². The maximum atomic E-state index is 13.5. The second kappa shape index (κ2) is 13.2. The van der Waals surface area contributed by atoms with Crippen molar-refractivity contribution in [1.82, 2.24) is 9.88 Å². The minimum atomic E-state index is -0.932. The molecule has 0 bridgehead atoms. The number of aliphatic carboxylic acids is 1. The summed E-state index contributed by atoms with van der Waals surface area (Å²) in [6.07, 6.45) is 7.15. The van der Waals surface area contributed by atoms with E-state index in [0.29, 0.717) is 22.8 Å². The molecule has 3 atom stereocenters. The smallest absolute Gasteiger partial charge is 0.305 e. The quantitative estimate of drug-likeness (QED) is 0.260. The summed E-state index contributed by atoms with van der Waals surface area (Å²) >= 11 is 0. The van der Waals surface area contributed by atoms with Gasteiger partial charge < -0.3 is 24.8 Å². The first-order chi connectivity index (χ1) is 20.3. The highest BCUT2D eigenvalue weighted by atomic mass is 19.1. The van der Waals surface area contributed by atoms with Gasteiger partial charge in [-0.2, -0.15) is 4.39 Å². The standard InChI is InChI=1S/C33H38FN3O5/c1-21-27-19-26(41-20-22-14-16-35-29(34)18-22)12-13-28(27)42-32(21)31(23-6-4-3-5-7-23)36-25-10-8-24(9-11-25)33(40)37(2)17-15-30(38)39/h8-14,16,18-19,21,23,31-32,36H,3-7,15,17,20H2,1-2H3,(H,38,39). The zero-order chi connectivity index (χ0) is 29.6. The van der Waals surface area contributed by atoms with Crippen LogP contribution in [0, 0.1) is 11.9 Å². The summed E-state index contributed by atoms with van der Waals surface area (Å²) in [5, 5.41) is 12.7. The molecular formula is C33H38FN3O5. The molecule has 3 unspecified atom stereocenters. The molecule has 1 aliphatic heterocycles. The lowest BCUT2D eigenvalue weighted by molar-refractivity contribution is -0.137. The second-order valence-electron chi connectivity index (χ2n) is 11.4. The van der Waals surface area contributed by atoms with E-state index >= 15 is 0 Å². The number of hydrogen-bond donors (Lipinski definition) is 2. The fourth-order valence-corrected chi connectivity index (χ4v) is 6.04. The number of pyridine rings is 1. The molecule has 1 aromatic heterocycles. The van der Waals surface area contributed by atoms with E-state index in [1.54, 1.807) is 25.2 Å². The van der Waals surface area contributed by atoms with Gasteiger partial charge in [0.05, 0.1) is 12.5 Å². The summed E-state index contributed by atoms with van der Waals surface area (Å²) in [6, 6.07) is 16.4. The van der Waals surface area contributed by atoms with Crippen molar-refractivity contribution in [3.05, 3.63) is 83.4 Å². The molecule has 1 aliphatic carbocycles. The summed E-state index contributed by atoms with van der Waals surface area (Å²) in [5.74, 6) is 0.452. The van der Waals surface area contributed by atoms with E-state index in [0.717, 1.165) is 29.8 Å². The van der Waals surface area contributed by atoms with E-state index in [2.05, 4.69) is 17.2 Å². The molecule has 0 radical (unpaired) electrons. The van der Waals surface area contributed by atoms with Gasteiger partial charge in [0, 0.05) is 42.5 Å². The van der Waals surface area contributed by atoms with Crippen LogP contribution in [0.5, 0.6) is 11.5 Å². The number of nitrogens with zero attached hydrogens (tertiary/aromatic N) is 2. The van der Waals surface area contributed by atoms with Gasteiger partial charge in [0.15, 0.2) is 0 Å². The number of benzene rings is 2. The Morgan fingerprint density at radius 2 is 1.88 bits per heavy atom. The van der Waals surface area contributed by atoms with Crippen molar-refractivity contribution < 1.29 is 28.6 Å². The normalized spacial score (nSPS) is 18.9. The maximum absolute atomic E-state index is 13.5. The van der Waals surface area contributed by atoms with Gasteiger partial charge >= 0.3 is 5.97 Å². The fraction of sp³-hybridized carbons (Fsp3) is 0.424. The number of hydrogen-bond acceptors (Lipinski definition) is 6. The van der Waals surface area contributed by atoms with E-state index in [-0.39, 0.29) is 43.5 Å². The summed E-state index contributed by atoms with van der Waals surface area (Å²) < 4.78 is 26.0. The van der Waals surface area contributed by atoms with Crippen LogP contribution in [-0.2, 0) is 11.4 Å². The van der Waals surface area contributed by atoms with Gasteiger partial charge in [-0.1, -0.05) is 26.2 Å². The molecule has 8 nitrogen and oxygen atoms in total. The van der Waals surface area contributed by atoms with Crippen LogP contribution in [0.3, 0.4) is 0 Å². The summed E-state index contributed by atoms with van der Waals surface area (Å²) in [6.45, 7) is 2.59. The predicted molar refractivity (Wildman–Crippen MR) is 157 cm³/mol. The minimum Gasteiger partial charge on any atom is -0.489 e. The zero-order valence-corrected chi connectivity index (χ0v) is 24.1. The number of ether oxygens (including phenoxy) is 2. The van der Waals surface area contributed by atoms with Crippen molar-refractivity contribution in [3.8, 4) is 11.5 Å². The number of amides is 1. The predicted octanol–water partition coefficient (Wildman–Crippen LogP) is 6.27. The number of anilines is 1. The van der Waals surface area contributed by atoms with Gasteiger partial charge in [-0.25, -0.2) is 4.98 Å². The van der Waals surface area contributed by atoms with Crippen LogP contribution in [-0.4, -0.2) is 52.6 Å². The molecule has 2 N–H and O–H groups in total. The highest BCUT2D eigenvalue weighted by molar-refractivity contribution is 5.94. The number of nitrogens with one attached hydrogen (secondary N) is 1. The van der Waals surface area contributed by atoms with Crippen LogP contribution in [0.2, 0.25) is 0 Å². The summed E-state index contributed by atoms with van der Waals surface area (Å²) in [4.78, 5) is 28.7. The Morgan fingerprint density at radius 1 is 1.12 bits per heavy atom. The first-order valence-corrected chi connectivity index (χ1v) is 14.7. The molecule has 0 spiro atoms. The number of carbonyl (C=O) groups is 2. The largest absolute Gasteiger partial charge is 0.489 e. The Balaban J connectivity index is 1.29. The van der Waals surface area contributed by atoms with Gasteiger partial charge in [0.25, 0.3) is 5.91 Å². The molecule has 1 amide bonds. The van der Waals surface area contributed by atoms with Crippen LogP contribution >= 0.6 is 0 Å². The van der Waals surface area contributed by atoms with E-state index in [9.17, 15) is 14.0 Å². The average molecular weight is 576 g/mol. The molecule has 1 fully saturated rings. The molecule has 2 aromatic carbocycles. The SMILES string of the molecule is CC1c2cc(OCc3ccnc(F)c3)ccc2OC1C(Nc1ccc(C(=O)N(C)CCC(=O)O)cc1)C1CCCCC1. The minimum absolute atomic E-state index is 0.0663. The number of carboxylic acid groups (broad SMARTS) is 1. The number of aromatic nitrogens is 1. The van der Waals surface area contributed by atoms with E-state index in [4.69, 9.17) is 14.6 Å². The Kier molecular flexibility index (Phi) is 9.25. The molecule has 2 aliphatic rings. The molecule has 0 saturated heterocycles. The van der Waals surface area contributed by atoms with Crippen LogP contribution in [0.4, 0.5) is 10.1 Å². The number of halogens is 1. The highest BCUT2D eigenvalue weighted by Crippen LogP contribution is 2.44. The molecule has 3 aromatic rings. The average Bonchev–Trinajstić information content (AvgIpc) is 3.33. The topological polar surface area (TPSA) is 101 Å². The lowest BCUT2D eigenvalue weighted by atomic mass is 9.78. The molecule has 222 valence electrons. The first-order valence-electron chi connectivity index (χ1n) is 14.7. The van der Waals surface area contributed by atoms with Crippen molar-refractivity contribution >= 4 is 17.6 Å². The zero-order valence-electron chi connectivity index (χ0n) is 24.1. The lowest BCUT2D eigenvalue weighted by Crippen LogP contribution is -2.44. The van der Waals surface area contributed by atoms with E-state index in [1.165, 1.54) is 36.4 Å². The van der Waals surface area contributed by atoms with Gasteiger partial charge in [0.2, 0.25) is 5.95 Å². The summed E-state index contributed by atoms with van der Waals surface area (Å²) in [5.41, 5.74) is 3.23. The van der Waals surface area contributed by atoms with E-state index in [1.807, 2.05) is 30.3 Å². The molecule has 9 heteroatoms. The Hall–Kier alpha value is -4.14. The van der Waals surface area contributed by atoms with Gasteiger partial charge in [-0.15, -0.1) is 0 Å². The second-order valence-corrected chi connectivity index (χ2v) is 11.4. The third-order valence-corrected chi connectivity index (χ3v) is 8.41. The van der Waals surface area contributed by atoms with Crippen molar-refractivity contribution in [1.29, 1.82) is 0 Å². The monoisotopic (exact) mass is 575 g/mol. The number of carbonyl (C=O) groups excluding carboxylic acids is 1. The fourth-order valence-electron chi connectivity index (χ4n) is 6.04. The number of fused-ring (bicyclic) bond motifs is 1.